The van der Waals surface area contributed by atoms with Crippen LogP contribution in [0.4, 0.5) is 18.9 Å². The maximum absolute atomic E-state index is 12.0. The van der Waals surface area contributed by atoms with E-state index in [2.05, 4.69) is 9.64 Å². The van der Waals surface area contributed by atoms with Crippen molar-refractivity contribution in [2.24, 2.45) is 0 Å². The number of benzene rings is 1. The van der Waals surface area contributed by atoms with Crippen molar-refractivity contribution in [3.63, 3.8) is 0 Å². The van der Waals surface area contributed by atoms with E-state index >= 15 is 0 Å². The van der Waals surface area contributed by atoms with E-state index < -0.39 is 25.3 Å². The van der Waals surface area contributed by atoms with Crippen LogP contribution in [0.2, 0.25) is 0 Å². The molecule has 0 spiro atoms. The number of halogens is 3. The van der Waals surface area contributed by atoms with Gasteiger partial charge in [-0.15, -0.1) is 0 Å². The quantitative estimate of drug-likeness (QED) is 0.791. The van der Waals surface area contributed by atoms with Crippen LogP contribution in [0.5, 0.6) is 0 Å². The van der Waals surface area contributed by atoms with Crippen molar-refractivity contribution in [1.82, 2.24) is 4.90 Å². The lowest BCUT2D eigenvalue weighted by atomic mass is 10.1. The molecule has 8 heteroatoms. The molecular formula is C16H21F3N2O3. The average Bonchev–Trinajstić information content (AvgIpc) is 2.55. The molecule has 0 aromatic heterocycles. The molecule has 1 heterocycles. The zero-order valence-corrected chi connectivity index (χ0v) is 13.5. The second kappa shape index (κ2) is 8.34. The van der Waals surface area contributed by atoms with Crippen molar-refractivity contribution >= 4 is 11.6 Å². The first kappa shape index (κ1) is 18.5. The number of morpholine rings is 1. The normalized spacial score (nSPS) is 15.4. The van der Waals surface area contributed by atoms with Crippen molar-refractivity contribution in [1.29, 1.82) is 0 Å². The SMILES string of the molecule is CN(Cc1ccc(N2CCOCC2)cc1)C(=O)COCC(F)(F)F. The zero-order valence-electron chi connectivity index (χ0n) is 13.5. The van der Waals surface area contributed by atoms with E-state index in [-0.39, 0.29) is 0 Å². The molecule has 5 nitrogen and oxygen atoms in total. The highest BCUT2D eigenvalue weighted by Crippen LogP contribution is 2.17. The summed E-state index contributed by atoms with van der Waals surface area (Å²) in [6.45, 7) is 1.41. The second-order valence-corrected chi connectivity index (χ2v) is 5.62. The first-order chi connectivity index (χ1) is 11.3. The first-order valence-electron chi connectivity index (χ1n) is 7.65. The predicted octanol–water partition coefficient (Wildman–Crippen LogP) is 2.06. The number of anilines is 1. The van der Waals surface area contributed by atoms with Gasteiger partial charge in [0, 0.05) is 32.4 Å². The van der Waals surface area contributed by atoms with Crippen LogP contribution in [0.25, 0.3) is 0 Å². The number of rotatable bonds is 6. The van der Waals surface area contributed by atoms with Crippen LogP contribution in [-0.2, 0) is 20.8 Å². The van der Waals surface area contributed by atoms with Gasteiger partial charge in [-0.2, -0.15) is 13.2 Å². The lowest BCUT2D eigenvalue weighted by Crippen LogP contribution is -2.36. The van der Waals surface area contributed by atoms with E-state index in [1.54, 1.807) is 0 Å². The summed E-state index contributed by atoms with van der Waals surface area (Å²) in [4.78, 5) is 15.3. The lowest BCUT2D eigenvalue weighted by molar-refractivity contribution is -0.177. The molecule has 1 aromatic rings. The summed E-state index contributed by atoms with van der Waals surface area (Å²) in [7, 11) is 1.54. The van der Waals surface area contributed by atoms with Crippen molar-refractivity contribution in [3.05, 3.63) is 29.8 Å². The molecule has 134 valence electrons. The molecule has 0 bridgehead atoms. The Bertz CT molecular complexity index is 528. The molecule has 1 fully saturated rings. The molecule has 24 heavy (non-hydrogen) atoms. The molecule has 0 saturated carbocycles. The van der Waals surface area contributed by atoms with Crippen LogP contribution in [0.15, 0.2) is 24.3 Å². The van der Waals surface area contributed by atoms with Crippen LogP contribution in [-0.4, -0.2) is 63.5 Å². The maximum Gasteiger partial charge on any atom is 0.411 e. The molecule has 0 atom stereocenters. The Kier molecular flexibility index (Phi) is 6.44. The molecule has 1 aliphatic heterocycles. The van der Waals surface area contributed by atoms with E-state index in [0.717, 1.165) is 24.3 Å². The van der Waals surface area contributed by atoms with Crippen molar-refractivity contribution in [2.45, 2.75) is 12.7 Å². The Morgan fingerprint density at radius 1 is 1.25 bits per heavy atom. The highest BCUT2D eigenvalue weighted by Gasteiger charge is 2.28. The molecule has 1 aliphatic rings. The van der Waals surface area contributed by atoms with Gasteiger partial charge < -0.3 is 19.3 Å². The molecule has 1 amide bonds. The van der Waals surface area contributed by atoms with Crippen molar-refractivity contribution in [3.8, 4) is 0 Å². The van der Waals surface area contributed by atoms with E-state index in [0.29, 0.717) is 19.8 Å². The smallest absolute Gasteiger partial charge is 0.378 e. The third kappa shape index (κ3) is 6.01. The summed E-state index contributed by atoms with van der Waals surface area (Å²) in [5.74, 6) is -0.489. The molecule has 1 aromatic carbocycles. The maximum atomic E-state index is 12.0. The van der Waals surface area contributed by atoms with Gasteiger partial charge in [-0.1, -0.05) is 12.1 Å². The summed E-state index contributed by atoms with van der Waals surface area (Å²) in [5.41, 5.74) is 1.99. The van der Waals surface area contributed by atoms with Gasteiger partial charge >= 0.3 is 6.18 Å². The van der Waals surface area contributed by atoms with Gasteiger partial charge in [0.1, 0.15) is 13.2 Å². The monoisotopic (exact) mass is 346 g/mol. The Morgan fingerprint density at radius 3 is 2.46 bits per heavy atom. The van der Waals surface area contributed by atoms with Crippen LogP contribution in [0.1, 0.15) is 5.56 Å². The van der Waals surface area contributed by atoms with Crippen molar-refractivity contribution < 1.29 is 27.4 Å². The summed E-state index contributed by atoms with van der Waals surface area (Å²) in [5, 5.41) is 0. The minimum atomic E-state index is -4.42. The first-order valence-corrected chi connectivity index (χ1v) is 7.65. The summed E-state index contributed by atoms with van der Waals surface area (Å²) < 4.78 is 45.6. The minimum Gasteiger partial charge on any atom is -0.378 e. The van der Waals surface area contributed by atoms with E-state index in [1.165, 1.54) is 11.9 Å². The third-order valence-corrected chi connectivity index (χ3v) is 3.65. The number of carbonyl (C=O) groups is 1. The average molecular weight is 346 g/mol. The molecule has 0 radical (unpaired) electrons. The predicted molar refractivity (Wildman–Crippen MR) is 82.8 cm³/mol. The van der Waals surface area contributed by atoms with E-state index in [9.17, 15) is 18.0 Å². The van der Waals surface area contributed by atoms with Gasteiger partial charge in [-0.05, 0) is 17.7 Å². The number of ether oxygens (including phenoxy) is 2. The summed E-state index contributed by atoms with van der Waals surface area (Å²) >= 11 is 0. The number of carbonyl (C=O) groups excluding carboxylic acids is 1. The number of likely N-dealkylation sites (N-methyl/N-ethyl adjacent to an activating group) is 1. The molecule has 0 N–H and O–H groups in total. The Morgan fingerprint density at radius 2 is 1.88 bits per heavy atom. The molecular weight excluding hydrogens is 325 g/mol. The van der Waals surface area contributed by atoms with Gasteiger partial charge in [-0.3, -0.25) is 4.79 Å². The Labute approximate surface area is 138 Å². The fourth-order valence-electron chi connectivity index (χ4n) is 2.36. The minimum absolute atomic E-state index is 0.317. The van der Waals surface area contributed by atoms with Gasteiger partial charge in [0.05, 0.1) is 13.2 Å². The summed E-state index contributed by atoms with van der Waals surface area (Å²) in [6, 6.07) is 7.76. The molecule has 0 aliphatic carbocycles. The number of amides is 1. The van der Waals surface area contributed by atoms with Gasteiger partial charge in [0.25, 0.3) is 0 Å². The molecule has 1 saturated heterocycles. The number of nitrogens with zero attached hydrogens (tertiary/aromatic N) is 2. The molecule has 0 unspecified atom stereocenters. The second-order valence-electron chi connectivity index (χ2n) is 5.62. The van der Waals surface area contributed by atoms with Crippen molar-refractivity contribution in [2.75, 3.05) is 51.5 Å². The lowest BCUT2D eigenvalue weighted by Gasteiger charge is -2.29. The van der Waals surface area contributed by atoms with Gasteiger partial charge in [-0.25, -0.2) is 0 Å². The highest BCUT2D eigenvalue weighted by atomic mass is 19.4. The summed E-state index contributed by atoms with van der Waals surface area (Å²) in [6.07, 6.45) is -4.42. The number of hydrogen-bond acceptors (Lipinski definition) is 4. The van der Waals surface area contributed by atoms with Crippen LogP contribution < -0.4 is 4.90 Å². The number of hydrogen-bond donors (Lipinski definition) is 0. The van der Waals surface area contributed by atoms with Crippen LogP contribution in [0.3, 0.4) is 0 Å². The van der Waals surface area contributed by atoms with Crippen LogP contribution >= 0.6 is 0 Å². The zero-order chi connectivity index (χ0) is 17.6. The highest BCUT2D eigenvalue weighted by molar-refractivity contribution is 5.77. The Hall–Kier alpha value is -1.80. The fraction of sp³-hybridized carbons (Fsp3) is 0.562. The van der Waals surface area contributed by atoms with Crippen LogP contribution in [0, 0.1) is 0 Å². The standard InChI is InChI=1S/C16H21F3N2O3/c1-20(15(22)11-24-12-16(17,18)19)10-13-2-4-14(5-3-13)21-6-8-23-9-7-21/h2-5H,6-12H2,1H3. The topological polar surface area (TPSA) is 42.0 Å². The Balaban J connectivity index is 1.80. The fourth-order valence-corrected chi connectivity index (χ4v) is 2.36. The van der Waals surface area contributed by atoms with E-state index in [1.807, 2.05) is 24.3 Å². The van der Waals surface area contributed by atoms with Gasteiger partial charge in [0.2, 0.25) is 5.91 Å². The van der Waals surface area contributed by atoms with E-state index in [4.69, 9.17) is 4.74 Å². The third-order valence-electron chi connectivity index (χ3n) is 3.65. The molecule has 2 rings (SSSR count). The number of alkyl halides is 3. The van der Waals surface area contributed by atoms with Gasteiger partial charge in [0.15, 0.2) is 0 Å². The largest absolute Gasteiger partial charge is 0.411 e.